The van der Waals surface area contributed by atoms with Gasteiger partial charge in [0.25, 0.3) is 0 Å². The van der Waals surface area contributed by atoms with E-state index in [1.807, 2.05) is 24.3 Å². The van der Waals surface area contributed by atoms with E-state index >= 15 is 0 Å². The van der Waals surface area contributed by atoms with Gasteiger partial charge in [-0.05, 0) is 80.3 Å². The maximum absolute atomic E-state index is 11.9. The summed E-state index contributed by atoms with van der Waals surface area (Å²) < 4.78 is 10.2. The number of fused-ring (bicyclic) bond motifs is 2. The minimum Gasteiger partial charge on any atom is -0.465 e. The highest BCUT2D eigenvalue weighted by molar-refractivity contribution is 5.95. The molecule has 0 unspecified atom stereocenters. The van der Waals surface area contributed by atoms with Crippen LogP contribution in [0.4, 0.5) is 5.69 Å². The lowest BCUT2D eigenvalue weighted by Gasteiger charge is -2.37. The Balaban J connectivity index is 1.13. The Morgan fingerprint density at radius 2 is 1.89 bits per heavy atom. The number of unbranched alkanes of at least 4 members (excludes halogenated alkanes) is 1. The summed E-state index contributed by atoms with van der Waals surface area (Å²) in [5.74, 6) is -0.302. The maximum atomic E-state index is 11.9. The highest BCUT2D eigenvalue weighted by Crippen LogP contribution is 2.27. The zero-order valence-electron chi connectivity index (χ0n) is 20.3. The first kappa shape index (κ1) is 23.2. The summed E-state index contributed by atoms with van der Waals surface area (Å²) in [6.07, 6.45) is 5.28. The molecule has 1 saturated heterocycles. The molecule has 0 aliphatic carbocycles. The van der Waals surface area contributed by atoms with Crippen molar-refractivity contribution in [3.8, 4) is 0 Å². The highest BCUT2D eigenvalue weighted by atomic mass is 16.5. The molecule has 2 aromatic carbocycles. The van der Waals surface area contributed by atoms with Crippen LogP contribution in [0, 0.1) is 6.92 Å². The Bertz CT molecular complexity index is 1410. The van der Waals surface area contributed by atoms with E-state index in [9.17, 15) is 9.59 Å². The average molecular weight is 474 g/mol. The molecule has 1 fully saturated rings. The van der Waals surface area contributed by atoms with Gasteiger partial charge in [-0.15, -0.1) is 0 Å². The third kappa shape index (κ3) is 4.95. The molecule has 1 aliphatic heterocycles. The normalized spacial score (nSPS) is 14.6. The molecular formula is C28H31N3O4. The van der Waals surface area contributed by atoms with Crippen LogP contribution in [-0.4, -0.2) is 55.7 Å². The molecule has 2 aromatic heterocycles. The van der Waals surface area contributed by atoms with E-state index in [1.54, 1.807) is 6.07 Å². The van der Waals surface area contributed by atoms with Crippen molar-refractivity contribution < 1.29 is 13.9 Å². The number of hydrogen-bond acceptors (Lipinski definition) is 6. The molecule has 1 aliphatic rings. The minimum absolute atomic E-state index is 0.302. The smallest absolute Gasteiger partial charge is 0.337 e. The number of esters is 1. The first-order chi connectivity index (χ1) is 17.0. The molecule has 0 radical (unpaired) electrons. The van der Waals surface area contributed by atoms with E-state index in [0.717, 1.165) is 73.8 Å². The second-order valence-electron chi connectivity index (χ2n) is 9.28. The summed E-state index contributed by atoms with van der Waals surface area (Å²) in [5, 5.41) is 2.06. The molecule has 5 rings (SSSR count). The Kier molecular flexibility index (Phi) is 6.59. The zero-order chi connectivity index (χ0) is 24.4. The van der Waals surface area contributed by atoms with E-state index in [0.29, 0.717) is 11.1 Å². The number of H-pyrrole nitrogens is 1. The first-order valence-electron chi connectivity index (χ1n) is 12.2. The van der Waals surface area contributed by atoms with Gasteiger partial charge < -0.3 is 19.0 Å². The van der Waals surface area contributed by atoms with Crippen molar-refractivity contribution in [2.24, 2.45) is 0 Å². The van der Waals surface area contributed by atoms with Crippen molar-refractivity contribution in [2.75, 3.05) is 44.7 Å². The van der Waals surface area contributed by atoms with E-state index < -0.39 is 0 Å². The Morgan fingerprint density at radius 3 is 2.69 bits per heavy atom. The van der Waals surface area contributed by atoms with Gasteiger partial charge in [0.1, 0.15) is 5.58 Å². The minimum atomic E-state index is -0.311. The van der Waals surface area contributed by atoms with Gasteiger partial charge >= 0.3 is 11.6 Å². The average Bonchev–Trinajstić information content (AvgIpc) is 3.28. The summed E-state index contributed by atoms with van der Waals surface area (Å²) in [6.45, 7) is 7.22. The molecule has 0 bridgehead atoms. The number of methoxy groups -OCH3 is 1. The lowest BCUT2D eigenvalue weighted by molar-refractivity contribution is 0.0601. The maximum Gasteiger partial charge on any atom is 0.337 e. The Morgan fingerprint density at radius 1 is 1.06 bits per heavy atom. The summed E-state index contributed by atoms with van der Waals surface area (Å²) in [4.78, 5) is 31.7. The van der Waals surface area contributed by atoms with Crippen molar-refractivity contribution in [1.82, 2.24) is 9.88 Å². The standard InChI is InChI=1S/C28H31N3O4/c1-19-15-26-20(7-9-27(32)35-26)17-25(19)31-13-11-30(12-14-31)10-4-3-5-22-18-29-24-8-6-21(16-23(22)24)28(33)34-2/h6-9,15-18,29H,3-5,10-14H2,1-2H3. The topological polar surface area (TPSA) is 78.8 Å². The zero-order valence-corrected chi connectivity index (χ0v) is 20.3. The Labute approximate surface area is 204 Å². The second-order valence-corrected chi connectivity index (χ2v) is 9.28. The van der Waals surface area contributed by atoms with E-state index in [-0.39, 0.29) is 11.6 Å². The van der Waals surface area contributed by atoms with E-state index in [4.69, 9.17) is 9.15 Å². The molecular weight excluding hydrogens is 442 g/mol. The molecule has 0 saturated carbocycles. The predicted octanol–water partition coefficient (Wildman–Crippen LogP) is 4.51. The third-order valence-corrected chi connectivity index (χ3v) is 7.01. The number of piperazine rings is 1. The van der Waals surface area contributed by atoms with Crippen LogP contribution in [0.1, 0.15) is 34.3 Å². The number of aromatic amines is 1. The summed E-state index contributed by atoms with van der Waals surface area (Å²) in [5.41, 5.74) is 5.58. The molecule has 7 nitrogen and oxygen atoms in total. The highest BCUT2D eigenvalue weighted by Gasteiger charge is 2.19. The van der Waals surface area contributed by atoms with Crippen molar-refractivity contribution in [3.63, 3.8) is 0 Å². The number of carbonyl (C=O) groups is 1. The van der Waals surface area contributed by atoms with Crippen LogP contribution < -0.4 is 10.5 Å². The van der Waals surface area contributed by atoms with Gasteiger partial charge in [-0.25, -0.2) is 9.59 Å². The van der Waals surface area contributed by atoms with Gasteiger partial charge in [0, 0.05) is 60.4 Å². The molecule has 3 heterocycles. The fourth-order valence-electron chi connectivity index (χ4n) is 5.04. The van der Waals surface area contributed by atoms with Gasteiger partial charge in [0.2, 0.25) is 0 Å². The molecule has 4 aromatic rings. The number of rotatable bonds is 7. The number of nitrogens with one attached hydrogen (secondary N) is 1. The molecule has 1 N–H and O–H groups in total. The number of carbonyl (C=O) groups excluding carboxylic acids is 1. The molecule has 0 spiro atoms. The summed E-state index contributed by atoms with van der Waals surface area (Å²) >= 11 is 0. The van der Waals surface area contributed by atoms with Crippen molar-refractivity contribution in [1.29, 1.82) is 0 Å². The number of aromatic nitrogens is 1. The SMILES string of the molecule is COC(=O)c1ccc2[nH]cc(CCCCN3CCN(c4cc5ccc(=O)oc5cc4C)CC3)c2c1. The number of ether oxygens (including phenoxy) is 1. The number of aryl methyl sites for hydroxylation is 2. The van der Waals surface area contributed by atoms with Gasteiger partial charge in [0.05, 0.1) is 12.7 Å². The van der Waals surface area contributed by atoms with Crippen LogP contribution in [0.25, 0.3) is 21.9 Å². The fraction of sp³-hybridized carbons (Fsp3) is 0.357. The molecule has 182 valence electrons. The summed E-state index contributed by atoms with van der Waals surface area (Å²) in [6, 6.07) is 13.1. The van der Waals surface area contributed by atoms with Crippen LogP contribution in [0.5, 0.6) is 0 Å². The predicted molar refractivity (Wildman–Crippen MR) is 138 cm³/mol. The quantitative estimate of drug-likeness (QED) is 0.242. The van der Waals surface area contributed by atoms with Crippen LogP contribution in [0.3, 0.4) is 0 Å². The number of nitrogens with zero attached hydrogens (tertiary/aromatic N) is 2. The largest absolute Gasteiger partial charge is 0.465 e. The van der Waals surface area contributed by atoms with Crippen molar-refractivity contribution in [3.05, 3.63) is 75.8 Å². The number of hydrogen-bond donors (Lipinski definition) is 1. The lowest BCUT2D eigenvalue weighted by Crippen LogP contribution is -2.46. The summed E-state index contributed by atoms with van der Waals surface area (Å²) in [7, 11) is 1.41. The lowest BCUT2D eigenvalue weighted by atomic mass is 10.0. The van der Waals surface area contributed by atoms with E-state index in [2.05, 4.69) is 34.0 Å². The number of benzene rings is 2. The fourth-order valence-corrected chi connectivity index (χ4v) is 5.04. The second kappa shape index (κ2) is 9.96. The van der Waals surface area contributed by atoms with Crippen LogP contribution >= 0.6 is 0 Å². The van der Waals surface area contributed by atoms with Crippen molar-refractivity contribution in [2.45, 2.75) is 26.2 Å². The van der Waals surface area contributed by atoms with Crippen LogP contribution in [0.2, 0.25) is 0 Å². The van der Waals surface area contributed by atoms with Gasteiger partial charge in [0.15, 0.2) is 0 Å². The molecule has 7 heteroatoms. The molecule has 0 atom stereocenters. The van der Waals surface area contributed by atoms with Crippen LogP contribution in [0.15, 0.2) is 57.9 Å². The van der Waals surface area contributed by atoms with Crippen molar-refractivity contribution >= 4 is 33.5 Å². The van der Waals surface area contributed by atoms with Gasteiger partial charge in [-0.2, -0.15) is 0 Å². The monoisotopic (exact) mass is 473 g/mol. The molecule has 35 heavy (non-hydrogen) atoms. The van der Waals surface area contributed by atoms with Gasteiger partial charge in [-0.1, -0.05) is 0 Å². The Hall–Kier alpha value is -3.58. The van der Waals surface area contributed by atoms with Gasteiger partial charge in [-0.3, -0.25) is 4.90 Å². The van der Waals surface area contributed by atoms with E-state index in [1.165, 1.54) is 24.4 Å². The molecule has 0 amide bonds. The third-order valence-electron chi connectivity index (χ3n) is 7.01. The number of anilines is 1. The van der Waals surface area contributed by atoms with Crippen LogP contribution in [-0.2, 0) is 11.2 Å². The first-order valence-corrected chi connectivity index (χ1v) is 12.2.